The number of ether oxygens (including phenoxy) is 2. The van der Waals surface area contributed by atoms with E-state index in [-0.39, 0.29) is 30.2 Å². The van der Waals surface area contributed by atoms with Crippen LogP contribution in [0.3, 0.4) is 0 Å². The summed E-state index contributed by atoms with van der Waals surface area (Å²) < 4.78 is 12.6. The maximum absolute atomic E-state index is 12.7. The number of carbonyl (C=O) groups excluding carboxylic acids is 1. The largest absolute Gasteiger partial charge is 0.363 e. The Labute approximate surface area is 194 Å². The lowest BCUT2D eigenvalue weighted by Gasteiger charge is -2.30. The minimum atomic E-state index is -0.606. The number of nitrogens with one attached hydrogen (secondary N) is 2. The number of aromatic nitrogens is 1. The molecule has 2 aliphatic heterocycles. The van der Waals surface area contributed by atoms with E-state index in [1.54, 1.807) is 12.1 Å². The van der Waals surface area contributed by atoms with Gasteiger partial charge in [0.05, 0.1) is 11.7 Å². The Morgan fingerprint density at radius 1 is 1.25 bits per heavy atom. The lowest BCUT2D eigenvalue weighted by atomic mass is 10.0. The molecule has 2 fully saturated rings. The van der Waals surface area contributed by atoms with Crippen LogP contribution in [-0.4, -0.2) is 58.3 Å². The van der Waals surface area contributed by atoms with Crippen LogP contribution in [0.2, 0.25) is 0 Å². The summed E-state index contributed by atoms with van der Waals surface area (Å²) in [4.78, 5) is 23.2. The quantitative estimate of drug-likeness (QED) is 0.527. The third kappa shape index (κ3) is 4.24. The van der Waals surface area contributed by atoms with Gasteiger partial charge in [0.15, 0.2) is 11.0 Å². The summed E-state index contributed by atoms with van der Waals surface area (Å²) in [5.74, 6) is -0.780. The van der Waals surface area contributed by atoms with Crippen LogP contribution in [0.4, 0.5) is 5.69 Å². The Kier molecular flexibility index (Phi) is 6.49. The molecule has 1 aromatic heterocycles. The predicted octanol–water partition coefficient (Wildman–Crippen LogP) is 4.39. The normalized spacial score (nSPS) is 27.5. The van der Waals surface area contributed by atoms with Crippen molar-refractivity contribution in [2.24, 2.45) is 4.99 Å². The van der Waals surface area contributed by atoms with E-state index in [2.05, 4.69) is 29.2 Å². The number of rotatable bonds is 4. The average Bonchev–Trinajstić information content (AvgIpc) is 3.35. The van der Waals surface area contributed by atoms with Crippen molar-refractivity contribution >= 4 is 28.5 Å². The number of nitrogens with zero attached hydrogens (tertiary/aromatic N) is 2. The molecular weight excluding hydrogens is 424 g/mol. The van der Waals surface area contributed by atoms with Gasteiger partial charge in [0, 0.05) is 29.1 Å². The lowest BCUT2D eigenvalue weighted by molar-refractivity contribution is -0.166. The number of thioether (sulfide) groups is 1. The zero-order chi connectivity index (χ0) is 23.0. The molecular formula is C24H32N4O3S. The smallest absolute Gasteiger partial charge is 0.257 e. The highest BCUT2D eigenvalue weighted by molar-refractivity contribution is 8.13. The van der Waals surface area contributed by atoms with E-state index in [4.69, 9.17) is 14.5 Å². The van der Waals surface area contributed by atoms with Crippen molar-refractivity contribution in [2.45, 2.75) is 64.2 Å². The van der Waals surface area contributed by atoms with Crippen molar-refractivity contribution < 1.29 is 14.3 Å². The standard InChI is InChI=1S/C24H32N4O3S/c1-7-17-20-21(31-24(3,4)30-20)19(28(17)5)16-13-25-14(2)18(16)26-23(32-6)27-22(29)15-11-9-8-10-12-15/h8-13,17,19-21,25H,7H2,1-6H3,(H,26,27,29). The van der Waals surface area contributed by atoms with Gasteiger partial charge in [0.2, 0.25) is 0 Å². The van der Waals surface area contributed by atoms with Gasteiger partial charge in [0.1, 0.15) is 12.2 Å². The first-order valence-electron chi connectivity index (χ1n) is 11.0. The Hall–Kier alpha value is -2.13. The summed E-state index contributed by atoms with van der Waals surface area (Å²) in [5.41, 5.74) is 3.44. The number of carbonyl (C=O) groups is 1. The van der Waals surface area contributed by atoms with Crippen molar-refractivity contribution in [3.63, 3.8) is 0 Å². The number of aliphatic imine (C=N–C) groups is 1. The minimum Gasteiger partial charge on any atom is -0.363 e. The first-order valence-corrected chi connectivity index (χ1v) is 12.2. The van der Waals surface area contributed by atoms with Crippen LogP contribution in [0, 0.1) is 6.92 Å². The first kappa shape index (κ1) is 23.0. The molecule has 1 amide bonds. The van der Waals surface area contributed by atoms with Gasteiger partial charge in [-0.05, 0) is 52.6 Å². The number of amides is 1. The molecule has 3 heterocycles. The summed E-state index contributed by atoms with van der Waals surface area (Å²) in [7, 11) is 2.12. The average molecular weight is 457 g/mol. The number of aryl methyl sites for hydroxylation is 1. The van der Waals surface area contributed by atoms with Crippen LogP contribution in [0.25, 0.3) is 0 Å². The van der Waals surface area contributed by atoms with Crippen LogP contribution in [-0.2, 0) is 9.47 Å². The van der Waals surface area contributed by atoms with E-state index in [1.165, 1.54) is 11.8 Å². The molecule has 0 bridgehead atoms. The number of likely N-dealkylation sites (N-methyl/N-ethyl adjacent to an activating group) is 1. The molecule has 2 saturated heterocycles. The molecule has 0 saturated carbocycles. The summed E-state index contributed by atoms with van der Waals surface area (Å²) in [6, 6.07) is 9.43. The zero-order valence-electron chi connectivity index (χ0n) is 19.5. The highest BCUT2D eigenvalue weighted by Crippen LogP contribution is 2.49. The molecule has 2 aliphatic rings. The van der Waals surface area contributed by atoms with Crippen LogP contribution in [0.1, 0.15) is 54.8 Å². The molecule has 0 radical (unpaired) electrons. The number of benzene rings is 1. The van der Waals surface area contributed by atoms with Gasteiger partial charge in [-0.15, -0.1) is 0 Å². The Balaban J connectivity index is 1.66. The molecule has 2 aromatic rings. The second-order valence-electron chi connectivity index (χ2n) is 8.81. The van der Waals surface area contributed by atoms with Gasteiger partial charge in [-0.2, -0.15) is 0 Å². The maximum Gasteiger partial charge on any atom is 0.257 e. The molecule has 0 spiro atoms. The number of hydrogen-bond acceptors (Lipinski definition) is 6. The van der Waals surface area contributed by atoms with E-state index in [0.717, 1.165) is 23.4 Å². The van der Waals surface area contributed by atoms with Gasteiger partial charge >= 0.3 is 0 Å². The van der Waals surface area contributed by atoms with Gasteiger partial charge in [-0.25, -0.2) is 4.99 Å². The van der Waals surface area contributed by atoms with Crippen molar-refractivity contribution in [2.75, 3.05) is 13.3 Å². The Bertz CT molecular complexity index is 1000. The lowest BCUT2D eigenvalue weighted by Crippen LogP contribution is -2.36. The molecule has 7 nitrogen and oxygen atoms in total. The fraction of sp³-hybridized carbons (Fsp3) is 0.500. The Morgan fingerprint density at radius 2 is 1.94 bits per heavy atom. The Morgan fingerprint density at radius 3 is 2.59 bits per heavy atom. The van der Waals surface area contributed by atoms with Gasteiger partial charge < -0.3 is 19.8 Å². The van der Waals surface area contributed by atoms with Crippen molar-refractivity contribution in [1.29, 1.82) is 0 Å². The van der Waals surface area contributed by atoms with Gasteiger partial charge in [-0.1, -0.05) is 36.9 Å². The molecule has 4 atom stereocenters. The van der Waals surface area contributed by atoms with E-state index >= 15 is 0 Å². The number of fused-ring (bicyclic) bond motifs is 1. The number of H-pyrrole nitrogens is 1. The van der Waals surface area contributed by atoms with E-state index in [0.29, 0.717) is 10.7 Å². The molecule has 4 rings (SSSR count). The SMILES string of the molecule is CCC1C2OC(C)(C)OC2C(c2c[nH]c(C)c2/N=C(\NC(=O)c2ccccc2)SC)N1C. The molecule has 2 N–H and O–H groups in total. The third-order valence-corrected chi connectivity index (χ3v) is 6.87. The van der Waals surface area contributed by atoms with E-state index in [9.17, 15) is 4.79 Å². The highest BCUT2D eigenvalue weighted by Gasteiger charge is 2.57. The first-order chi connectivity index (χ1) is 15.3. The van der Waals surface area contributed by atoms with E-state index < -0.39 is 5.79 Å². The molecule has 1 aromatic carbocycles. The number of amidine groups is 1. The van der Waals surface area contributed by atoms with Crippen LogP contribution >= 0.6 is 11.8 Å². The molecule has 32 heavy (non-hydrogen) atoms. The molecule has 4 unspecified atom stereocenters. The second-order valence-corrected chi connectivity index (χ2v) is 9.60. The molecule has 172 valence electrons. The zero-order valence-corrected chi connectivity index (χ0v) is 20.3. The minimum absolute atomic E-state index is 0.00311. The van der Waals surface area contributed by atoms with Crippen LogP contribution in [0.15, 0.2) is 41.5 Å². The number of hydrogen-bond donors (Lipinski definition) is 2. The van der Waals surface area contributed by atoms with Crippen LogP contribution in [0.5, 0.6) is 0 Å². The van der Waals surface area contributed by atoms with E-state index in [1.807, 2.05) is 51.4 Å². The van der Waals surface area contributed by atoms with Crippen molar-refractivity contribution in [1.82, 2.24) is 15.2 Å². The summed E-state index contributed by atoms with van der Waals surface area (Å²) in [6.07, 6.45) is 4.82. The number of likely N-dealkylation sites (tertiary alicyclic amines) is 1. The van der Waals surface area contributed by atoms with Gasteiger partial charge in [0.25, 0.3) is 5.91 Å². The fourth-order valence-electron chi connectivity index (χ4n) is 4.84. The predicted molar refractivity (Wildman–Crippen MR) is 128 cm³/mol. The topological polar surface area (TPSA) is 79.0 Å². The highest BCUT2D eigenvalue weighted by atomic mass is 32.2. The summed E-state index contributed by atoms with van der Waals surface area (Å²) in [5, 5.41) is 3.50. The van der Waals surface area contributed by atoms with Crippen LogP contribution < -0.4 is 5.32 Å². The van der Waals surface area contributed by atoms with Gasteiger partial charge in [-0.3, -0.25) is 9.69 Å². The second kappa shape index (κ2) is 9.02. The molecule has 8 heteroatoms. The molecule has 0 aliphatic carbocycles. The summed E-state index contributed by atoms with van der Waals surface area (Å²) >= 11 is 1.41. The fourth-order valence-corrected chi connectivity index (χ4v) is 5.22. The third-order valence-electron chi connectivity index (χ3n) is 6.29. The number of aromatic amines is 1. The van der Waals surface area contributed by atoms with Crippen molar-refractivity contribution in [3.8, 4) is 0 Å². The summed E-state index contributed by atoms with van der Waals surface area (Å²) in [6.45, 7) is 8.13. The van der Waals surface area contributed by atoms with Crippen molar-refractivity contribution in [3.05, 3.63) is 53.3 Å². The maximum atomic E-state index is 12.7. The monoisotopic (exact) mass is 456 g/mol.